The monoisotopic (exact) mass is 483 g/mol. The Bertz CT molecular complexity index is 1330. The van der Waals surface area contributed by atoms with Gasteiger partial charge < -0.3 is 15.4 Å². The number of benzene rings is 2. The summed E-state index contributed by atoms with van der Waals surface area (Å²) in [6.45, 7) is 4.10. The molecule has 0 fully saturated rings. The summed E-state index contributed by atoms with van der Waals surface area (Å²) in [5.41, 5.74) is 3.19. The minimum Gasteiger partial charge on any atom is -0.497 e. The molecule has 0 radical (unpaired) electrons. The van der Waals surface area contributed by atoms with Crippen molar-refractivity contribution in [3.05, 3.63) is 63.6 Å². The van der Waals surface area contributed by atoms with Crippen molar-refractivity contribution in [2.75, 3.05) is 19.0 Å². The highest BCUT2D eigenvalue weighted by molar-refractivity contribution is 7.17. The molecule has 0 saturated heterocycles. The van der Waals surface area contributed by atoms with E-state index in [0.29, 0.717) is 29.5 Å². The van der Waals surface area contributed by atoms with Crippen LogP contribution in [-0.2, 0) is 16.0 Å². The van der Waals surface area contributed by atoms with Crippen LogP contribution in [0.25, 0.3) is 16.3 Å². The molecule has 0 unspecified atom stereocenters. The maximum absolute atomic E-state index is 12.2. The van der Waals surface area contributed by atoms with Gasteiger partial charge in [0, 0.05) is 34.1 Å². The van der Waals surface area contributed by atoms with Crippen LogP contribution >= 0.6 is 22.9 Å². The van der Waals surface area contributed by atoms with Gasteiger partial charge >= 0.3 is 11.8 Å². The molecule has 0 atom stereocenters. The van der Waals surface area contributed by atoms with Crippen LogP contribution in [0.4, 0.5) is 5.69 Å². The SMILES string of the molecule is COc1ccc(-c2nc3sc(CCNC(=O)C(=O)Nc4cc(Cl)ccc4C)c(C)n3n2)cc1. The van der Waals surface area contributed by atoms with Crippen molar-refractivity contribution in [2.24, 2.45) is 0 Å². The highest BCUT2D eigenvalue weighted by Crippen LogP contribution is 2.26. The Morgan fingerprint density at radius 2 is 1.88 bits per heavy atom. The first-order chi connectivity index (χ1) is 15.9. The first-order valence-electron chi connectivity index (χ1n) is 10.2. The highest BCUT2D eigenvalue weighted by atomic mass is 35.5. The van der Waals surface area contributed by atoms with Crippen LogP contribution in [0.3, 0.4) is 0 Å². The number of aryl methyl sites for hydroxylation is 2. The van der Waals surface area contributed by atoms with Gasteiger partial charge in [0.05, 0.1) is 12.8 Å². The molecule has 0 spiro atoms. The maximum Gasteiger partial charge on any atom is 0.313 e. The van der Waals surface area contributed by atoms with Gasteiger partial charge in [0.2, 0.25) is 4.96 Å². The number of nitrogens with one attached hydrogen (secondary N) is 2. The van der Waals surface area contributed by atoms with E-state index in [4.69, 9.17) is 16.3 Å². The molecule has 0 aliphatic rings. The molecule has 2 amide bonds. The molecule has 0 saturated carbocycles. The van der Waals surface area contributed by atoms with Crippen LogP contribution in [-0.4, -0.2) is 40.1 Å². The van der Waals surface area contributed by atoms with Gasteiger partial charge in [-0.25, -0.2) is 4.52 Å². The summed E-state index contributed by atoms with van der Waals surface area (Å²) in [6, 6.07) is 12.7. The third-order valence-electron chi connectivity index (χ3n) is 5.15. The molecule has 0 aliphatic heterocycles. The lowest BCUT2D eigenvalue weighted by atomic mass is 10.2. The number of carbonyl (C=O) groups is 2. The first kappa shape index (κ1) is 22.8. The molecule has 8 nitrogen and oxygen atoms in total. The van der Waals surface area contributed by atoms with E-state index < -0.39 is 11.8 Å². The fraction of sp³-hybridized carbons (Fsp3) is 0.217. The number of ether oxygens (including phenoxy) is 1. The average molecular weight is 484 g/mol. The molecule has 4 aromatic rings. The van der Waals surface area contributed by atoms with Crippen molar-refractivity contribution >= 4 is 45.4 Å². The lowest BCUT2D eigenvalue weighted by Gasteiger charge is -2.09. The Labute approximate surface area is 199 Å². The van der Waals surface area contributed by atoms with Crippen molar-refractivity contribution in [1.82, 2.24) is 19.9 Å². The number of aromatic nitrogens is 3. The molecule has 2 N–H and O–H groups in total. The smallest absolute Gasteiger partial charge is 0.313 e. The van der Waals surface area contributed by atoms with Crippen LogP contribution < -0.4 is 15.4 Å². The number of anilines is 1. The number of fused-ring (bicyclic) bond motifs is 1. The van der Waals surface area contributed by atoms with E-state index in [0.717, 1.165) is 32.4 Å². The molecule has 33 heavy (non-hydrogen) atoms. The van der Waals surface area contributed by atoms with E-state index >= 15 is 0 Å². The van der Waals surface area contributed by atoms with Crippen molar-refractivity contribution < 1.29 is 14.3 Å². The van der Waals surface area contributed by atoms with Gasteiger partial charge in [-0.1, -0.05) is 29.0 Å². The predicted octanol–water partition coefficient (Wildman–Crippen LogP) is 4.03. The molecule has 2 aromatic heterocycles. The largest absolute Gasteiger partial charge is 0.497 e. The minimum absolute atomic E-state index is 0.316. The van der Waals surface area contributed by atoms with E-state index in [1.165, 1.54) is 11.3 Å². The summed E-state index contributed by atoms with van der Waals surface area (Å²) < 4.78 is 6.99. The number of nitrogens with zero attached hydrogens (tertiary/aromatic N) is 3. The van der Waals surface area contributed by atoms with Gasteiger partial charge in [0.1, 0.15) is 5.75 Å². The second-order valence-electron chi connectivity index (χ2n) is 7.39. The molecule has 2 aromatic carbocycles. The molecular formula is C23H22ClN5O3S. The topological polar surface area (TPSA) is 97.6 Å². The number of hydrogen-bond donors (Lipinski definition) is 2. The van der Waals surface area contributed by atoms with E-state index in [9.17, 15) is 9.59 Å². The quantitative estimate of drug-likeness (QED) is 0.403. The lowest BCUT2D eigenvalue weighted by Crippen LogP contribution is -2.36. The fourth-order valence-electron chi connectivity index (χ4n) is 3.26. The first-order valence-corrected chi connectivity index (χ1v) is 11.4. The van der Waals surface area contributed by atoms with E-state index in [-0.39, 0.29) is 0 Å². The van der Waals surface area contributed by atoms with Crippen LogP contribution in [0.5, 0.6) is 5.75 Å². The molecule has 4 rings (SSSR count). The number of rotatable bonds is 6. The van der Waals surface area contributed by atoms with Crippen LogP contribution in [0.2, 0.25) is 5.02 Å². The number of halogens is 1. The van der Waals surface area contributed by atoms with Crippen molar-refractivity contribution in [3.8, 4) is 17.1 Å². The van der Waals surface area contributed by atoms with Gasteiger partial charge in [0.25, 0.3) is 0 Å². The predicted molar refractivity (Wildman–Crippen MR) is 129 cm³/mol. The zero-order valence-electron chi connectivity index (χ0n) is 18.3. The Hall–Kier alpha value is -3.43. The number of amides is 2. The lowest BCUT2D eigenvalue weighted by molar-refractivity contribution is -0.136. The zero-order chi connectivity index (χ0) is 23.5. The van der Waals surface area contributed by atoms with E-state index in [1.807, 2.05) is 38.1 Å². The van der Waals surface area contributed by atoms with Gasteiger partial charge in [-0.15, -0.1) is 5.10 Å². The summed E-state index contributed by atoms with van der Waals surface area (Å²) >= 11 is 7.47. The second-order valence-corrected chi connectivity index (χ2v) is 8.89. The van der Waals surface area contributed by atoms with Crippen LogP contribution in [0.1, 0.15) is 16.1 Å². The van der Waals surface area contributed by atoms with Gasteiger partial charge in [0.15, 0.2) is 5.82 Å². The van der Waals surface area contributed by atoms with Gasteiger partial charge in [-0.05, 0) is 55.8 Å². The second kappa shape index (κ2) is 9.60. The maximum atomic E-state index is 12.2. The molecular weight excluding hydrogens is 462 g/mol. The molecule has 2 heterocycles. The van der Waals surface area contributed by atoms with Crippen LogP contribution in [0, 0.1) is 13.8 Å². The Morgan fingerprint density at radius 3 is 2.58 bits per heavy atom. The summed E-state index contributed by atoms with van der Waals surface area (Å²) in [5, 5.41) is 10.3. The normalized spacial score (nSPS) is 10.9. The van der Waals surface area contributed by atoms with Crippen molar-refractivity contribution in [3.63, 3.8) is 0 Å². The number of thiazole rings is 1. The summed E-state index contributed by atoms with van der Waals surface area (Å²) in [6.07, 6.45) is 0.564. The van der Waals surface area contributed by atoms with E-state index in [2.05, 4.69) is 20.7 Å². The Kier molecular flexibility index (Phi) is 6.62. The number of hydrogen-bond acceptors (Lipinski definition) is 6. The van der Waals surface area contributed by atoms with E-state index in [1.54, 1.807) is 29.8 Å². The highest BCUT2D eigenvalue weighted by Gasteiger charge is 2.17. The van der Waals surface area contributed by atoms with Gasteiger partial charge in [-0.3, -0.25) is 9.59 Å². The molecule has 10 heteroatoms. The zero-order valence-corrected chi connectivity index (χ0v) is 19.9. The standard InChI is InChI=1S/C23H22ClN5O3S/c1-13-4-7-16(24)12-18(13)26-22(31)21(30)25-11-10-19-14(2)29-23(33-19)27-20(28-29)15-5-8-17(32-3)9-6-15/h4-9,12H,10-11H2,1-3H3,(H,25,30)(H,26,31). The summed E-state index contributed by atoms with van der Waals surface area (Å²) in [7, 11) is 1.62. The molecule has 0 bridgehead atoms. The van der Waals surface area contributed by atoms with Crippen LogP contribution in [0.15, 0.2) is 42.5 Å². The third-order valence-corrected chi connectivity index (χ3v) is 6.58. The van der Waals surface area contributed by atoms with Gasteiger partial charge in [-0.2, -0.15) is 4.98 Å². The number of methoxy groups -OCH3 is 1. The molecule has 0 aliphatic carbocycles. The van der Waals surface area contributed by atoms with Crippen molar-refractivity contribution in [2.45, 2.75) is 20.3 Å². The summed E-state index contributed by atoms with van der Waals surface area (Å²) in [4.78, 5) is 30.8. The minimum atomic E-state index is -0.733. The Balaban J connectivity index is 1.36. The molecule has 170 valence electrons. The third kappa shape index (κ3) is 4.99. The number of carbonyl (C=O) groups excluding carboxylic acids is 2. The van der Waals surface area contributed by atoms with Crippen molar-refractivity contribution in [1.29, 1.82) is 0 Å². The average Bonchev–Trinajstić information content (AvgIpc) is 3.35. The summed E-state index contributed by atoms with van der Waals surface area (Å²) in [5.74, 6) is -0.0198. The Morgan fingerprint density at radius 1 is 1.12 bits per heavy atom. The fourth-order valence-corrected chi connectivity index (χ4v) is 4.48.